The molecule has 0 aromatic heterocycles. The lowest BCUT2D eigenvalue weighted by Crippen LogP contribution is -2.41. The number of ether oxygens (including phenoxy) is 1. The highest BCUT2D eigenvalue weighted by atomic mass is 16.6. The van der Waals surface area contributed by atoms with Crippen molar-refractivity contribution in [3.05, 3.63) is 0 Å². The molecule has 0 bridgehead atoms. The van der Waals surface area contributed by atoms with Crippen LogP contribution in [0.3, 0.4) is 0 Å². The van der Waals surface area contributed by atoms with E-state index in [-0.39, 0.29) is 12.4 Å². The number of carbonyl (C=O) groups is 2. The molecule has 5 nitrogen and oxygen atoms in total. The molecule has 0 aliphatic rings. The Bertz CT molecular complexity index is 258. The van der Waals surface area contributed by atoms with Crippen LogP contribution in [0.2, 0.25) is 0 Å². The van der Waals surface area contributed by atoms with Crippen molar-refractivity contribution in [3.63, 3.8) is 0 Å². The third-order valence-electron chi connectivity index (χ3n) is 2.05. The number of Topliss-reactive ketones (excluding diaryl/α,β-unsaturated/α-hetero) is 1. The number of ketones is 1. The van der Waals surface area contributed by atoms with E-state index in [0.29, 0.717) is 19.3 Å². The van der Waals surface area contributed by atoms with Gasteiger partial charge in [-0.05, 0) is 40.5 Å². The fraction of sp³-hybridized carbons (Fsp3) is 0.833. The minimum Gasteiger partial charge on any atom is -0.444 e. The van der Waals surface area contributed by atoms with E-state index in [2.05, 4.69) is 5.32 Å². The summed E-state index contributed by atoms with van der Waals surface area (Å²) >= 11 is 0. The Kier molecular flexibility index (Phi) is 6.80. The third kappa shape index (κ3) is 8.68. The summed E-state index contributed by atoms with van der Waals surface area (Å²) in [7, 11) is 0. The summed E-state index contributed by atoms with van der Waals surface area (Å²) in [5.41, 5.74) is -0.566. The van der Waals surface area contributed by atoms with Crippen molar-refractivity contribution in [2.45, 2.75) is 58.6 Å². The molecular formula is C12H23NO4. The normalized spacial score (nSPS) is 13.0. The van der Waals surface area contributed by atoms with Crippen molar-refractivity contribution in [3.8, 4) is 0 Å². The second-order valence-electron chi connectivity index (χ2n) is 5.01. The average Bonchev–Trinajstić information content (AvgIpc) is 2.14. The minimum atomic E-state index is -0.583. The highest BCUT2D eigenvalue weighted by Gasteiger charge is 2.20. The van der Waals surface area contributed by atoms with Crippen molar-refractivity contribution < 1.29 is 19.4 Å². The van der Waals surface area contributed by atoms with Crippen molar-refractivity contribution in [2.24, 2.45) is 0 Å². The van der Waals surface area contributed by atoms with E-state index in [1.807, 2.05) is 0 Å². The summed E-state index contributed by atoms with van der Waals surface area (Å²) in [5.74, 6) is -0.0516. The van der Waals surface area contributed by atoms with E-state index < -0.39 is 17.7 Å². The molecule has 0 saturated carbocycles. The SMILES string of the molecule is CC(NC(=O)OC(C)(C)C)C(=O)CCCCO. The molecule has 0 aromatic rings. The van der Waals surface area contributed by atoms with Gasteiger partial charge in [0.05, 0.1) is 6.04 Å². The van der Waals surface area contributed by atoms with E-state index >= 15 is 0 Å². The van der Waals surface area contributed by atoms with Gasteiger partial charge in [-0.15, -0.1) is 0 Å². The van der Waals surface area contributed by atoms with E-state index in [1.165, 1.54) is 0 Å². The van der Waals surface area contributed by atoms with Crippen LogP contribution in [0, 0.1) is 0 Å². The number of nitrogens with one attached hydrogen (secondary N) is 1. The van der Waals surface area contributed by atoms with Crippen LogP contribution in [-0.2, 0) is 9.53 Å². The van der Waals surface area contributed by atoms with Crippen molar-refractivity contribution >= 4 is 11.9 Å². The number of alkyl carbamates (subject to hydrolysis) is 1. The molecule has 0 fully saturated rings. The molecule has 0 spiro atoms. The minimum absolute atomic E-state index is 0.0516. The number of amides is 1. The van der Waals surface area contributed by atoms with Gasteiger partial charge in [0.15, 0.2) is 5.78 Å². The van der Waals surface area contributed by atoms with Crippen LogP contribution in [0.5, 0.6) is 0 Å². The summed E-state index contributed by atoms with van der Waals surface area (Å²) in [5, 5.41) is 11.1. The summed E-state index contributed by atoms with van der Waals surface area (Å²) < 4.78 is 5.04. The smallest absolute Gasteiger partial charge is 0.408 e. The molecule has 0 radical (unpaired) electrons. The lowest BCUT2D eigenvalue weighted by molar-refractivity contribution is -0.120. The maximum atomic E-state index is 11.6. The maximum Gasteiger partial charge on any atom is 0.408 e. The van der Waals surface area contributed by atoms with Gasteiger partial charge in [0.2, 0.25) is 0 Å². The Morgan fingerprint density at radius 1 is 1.29 bits per heavy atom. The molecule has 1 atom stereocenters. The predicted octanol–water partition coefficient (Wildman–Crippen LogP) is 1.63. The van der Waals surface area contributed by atoms with E-state index in [4.69, 9.17) is 9.84 Å². The Hall–Kier alpha value is -1.10. The van der Waals surface area contributed by atoms with Crippen LogP contribution < -0.4 is 5.32 Å². The molecule has 2 N–H and O–H groups in total. The van der Waals surface area contributed by atoms with E-state index in [9.17, 15) is 9.59 Å². The zero-order chi connectivity index (χ0) is 13.5. The summed E-state index contributed by atoms with van der Waals surface area (Å²) in [6, 6.07) is -0.552. The second-order valence-corrected chi connectivity index (χ2v) is 5.01. The van der Waals surface area contributed by atoms with Gasteiger partial charge in [-0.2, -0.15) is 0 Å². The molecule has 1 unspecified atom stereocenters. The number of aliphatic hydroxyl groups is 1. The van der Waals surface area contributed by atoms with Crippen molar-refractivity contribution in [1.29, 1.82) is 0 Å². The first-order valence-electron chi connectivity index (χ1n) is 5.89. The van der Waals surface area contributed by atoms with Crippen LogP contribution >= 0.6 is 0 Å². The molecule has 0 aliphatic carbocycles. The highest BCUT2D eigenvalue weighted by Crippen LogP contribution is 2.07. The summed E-state index contributed by atoms with van der Waals surface area (Å²) in [4.78, 5) is 22.9. The first kappa shape index (κ1) is 15.9. The maximum absolute atomic E-state index is 11.6. The van der Waals surface area contributed by atoms with E-state index in [0.717, 1.165) is 0 Å². The van der Waals surface area contributed by atoms with Gasteiger partial charge in [-0.3, -0.25) is 4.79 Å². The Morgan fingerprint density at radius 3 is 2.35 bits per heavy atom. The Balaban J connectivity index is 3.95. The molecule has 0 rings (SSSR count). The number of carbonyl (C=O) groups excluding carboxylic acids is 2. The Labute approximate surface area is 103 Å². The molecule has 0 aromatic carbocycles. The molecule has 0 aliphatic heterocycles. The zero-order valence-corrected chi connectivity index (χ0v) is 11.1. The number of rotatable bonds is 6. The fourth-order valence-corrected chi connectivity index (χ4v) is 1.19. The molecule has 1 amide bonds. The highest BCUT2D eigenvalue weighted by molar-refractivity contribution is 5.86. The molecule has 17 heavy (non-hydrogen) atoms. The lowest BCUT2D eigenvalue weighted by atomic mass is 10.1. The predicted molar refractivity (Wildman–Crippen MR) is 64.8 cm³/mol. The van der Waals surface area contributed by atoms with Gasteiger partial charge in [0.1, 0.15) is 5.60 Å². The van der Waals surface area contributed by atoms with Crippen LogP contribution in [0.25, 0.3) is 0 Å². The molecule has 100 valence electrons. The van der Waals surface area contributed by atoms with Gasteiger partial charge in [-0.25, -0.2) is 4.79 Å². The number of unbranched alkanes of at least 4 members (excludes halogenated alkanes) is 1. The average molecular weight is 245 g/mol. The number of hydrogen-bond acceptors (Lipinski definition) is 4. The first-order chi connectivity index (χ1) is 7.76. The monoisotopic (exact) mass is 245 g/mol. The van der Waals surface area contributed by atoms with Crippen molar-refractivity contribution in [1.82, 2.24) is 5.32 Å². The van der Waals surface area contributed by atoms with E-state index in [1.54, 1.807) is 27.7 Å². The third-order valence-corrected chi connectivity index (χ3v) is 2.05. The topological polar surface area (TPSA) is 75.6 Å². The van der Waals surface area contributed by atoms with Crippen LogP contribution in [0.15, 0.2) is 0 Å². The van der Waals surface area contributed by atoms with Crippen molar-refractivity contribution in [2.75, 3.05) is 6.61 Å². The summed E-state index contributed by atoms with van der Waals surface area (Å²) in [6.07, 6.45) is 1.01. The Morgan fingerprint density at radius 2 is 1.88 bits per heavy atom. The number of hydrogen-bond donors (Lipinski definition) is 2. The van der Waals surface area contributed by atoms with Gasteiger partial charge < -0.3 is 15.2 Å². The van der Waals surface area contributed by atoms with Gasteiger partial charge >= 0.3 is 6.09 Å². The quantitative estimate of drug-likeness (QED) is 0.697. The standard InChI is InChI=1S/C12H23NO4/c1-9(10(15)7-5-6-8-14)13-11(16)17-12(2,3)4/h9,14H,5-8H2,1-4H3,(H,13,16). The van der Waals surface area contributed by atoms with Crippen LogP contribution in [-0.4, -0.2) is 35.2 Å². The van der Waals surface area contributed by atoms with Gasteiger partial charge in [-0.1, -0.05) is 0 Å². The van der Waals surface area contributed by atoms with Crippen LogP contribution in [0.4, 0.5) is 4.79 Å². The van der Waals surface area contributed by atoms with Crippen LogP contribution in [0.1, 0.15) is 47.0 Å². The molecule has 5 heteroatoms. The second kappa shape index (κ2) is 7.27. The largest absolute Gasteiger partial charge is 0.444 e. The molecule has 0 heterocycles. The zero-order valence-electron chi connectivity index (χ0n) is 11.1. The summed E-state index contributed by atoms with van der Waals surface area (Å²) in [6.45, 7) is 7.01. The fourth-order valence-electron chi connectivity index (χ4n) is 1.19. The lowest BCUT2D eigenvalue weighted by Gasteiger charge is -2.21. The van der Waals surface area contributed by atoms with Gasteiger partial charge in [0.25, 0.3) is 0 Å². The number of aliphatic hydroxyl groups excluding tert-OH is 1. The van der Waals surface area contributed by atoms with Gasteiger partial charge in [0, 0.05) is 13.0 Å². The first-order valence-corrected chi connectivity index (χ1v) is 5.89. The molecular weight excluding hydrogens is 222 g/mol. The molecule has 0 saturated heterocycles.